The predicted octanol–water partition coefficient (Wildman–Crippen LogP) is 5.20. The van der Waals surface area contributed by atoms with E-state index in [0.29, 0.717) is 5.02 Å². The fourth-order valence-corrected chi connectivity index (χ4v) is 2.63. The van der Waals surface area contributed by atoms with Gasteiger partial charge in [-0.1, -0.05) is 17.7 Å². The van der Waals surface area contributed by atoms with Crippen LogP contribution in [0.2, 0.25) is 5.02 Å². The Labute approximate surface area is 140 Å². The third kappa shape index (κ3) is 3.46. The molecule has 4 heteroatoms. The Kier molecular flexibility index (Phi) is 4.49. The molecule has 2 aromatic carbocycles. The third-order valence-electron chi connectivity index (χ3n) is 3.59. The highest BCUT2D eigenvalue weighted by atomic mass is 35.5. The van der Waals surface area contributed by atoms with E-state index in [0.717, 1.165) is 28.5 Å². The summed E-state index contributed by atoms with van der Waals surface area (Å²) in [5, 5.41) is 0.682. The van der Waals surface area contributed by atoms with Gasteiger partial charge in [0.15, 0.2) is 0 Å². The molecule has 116 valence electrons. The molecule has 0 saturated carbocycles. The number of aromatic nitrogens is 1. The maximum atomic E-state index is 6.00. The maximum Gasteiger partial charge on any atom is 0.119 e. The summed E-state index contributed by atoms with van der Waals surface area (Å²) in [6.45, 7) is 2.07. The van der Waals surface area contributed by atoms with Crippen LogP contribution in [-0.4, -0.2) is 17.9 Å². The van der Waals surface area contributed by atoms with Crippen molar-refractivity contribution >= 4 is 23.5 Å². The van der Waals surface area contributed by atoms with Crippen LogP contribution < -0.4 is 4.74 Å². The van der Waals surface area contributed by atoms with Gasteiger partial charge in [0.05, 0.1) is 24.7 Å². The lowest BCUT2D eigenvalue weighted by molar-refractivity contribution is 0.414. The van der Waals surface area contributed by atoms with Crippen LogP contribution in [0.25, 0.3) is 5.69 Å². The van der Waals surface area contributed by atoms with Crippen molar-refractivity contribution in [2.24, 2.45) is 4.99 Å². The van der Waals surface area contributed by atoms with Crippen LogP contribution in [-0.2, 0) is 0 Å². The van der Waals surface area contributed by atoms with Gasteiger partial charge in [0, 0.05) is 16.4 Å². The number of rotatable bonds is 4. The van der Waals surface area contributed by atoms with Gasteiger partial charge in [0.1, 0.15) is 5.75 Å². The number of halogens is 1. The summed E-state index contributed by atoms with van der Waals surface area (Å²) in [6, 6.07) is 19.6. The van der Waals surface area contributed by atoms with Gasteiger partial charge >= 0.3 is 0 Å². The summed E-state index contributed by atoms with van der Waals surface area (Å²) >= 11 is 6.00. The number of ether oxygens (including phenoxy) is 1. The fourth-order valence-electron chi connectivity index (χ4n) is 2.44. The molecule has 0 fully saturated rings. The zero-order chi connectivity index (χ0) is 16.2. The lowest BCUT2D eigenvalue weighted by Gasteiger charge is -2.10. The second-order valence-electron chi connectivity index (χ2n) is 5.17. The smallest absolute Gasteiger partial charge is 0.119 e. The van der Waals surface area contributed by atoms with Crippen molar-refractivity contribution in [3.63, 3.8) is 0 Å². The zero-order valence-electron chi connectivity index (χ0n) is 13.0. The summed E-state index contributed by atoms with van der Waals surface area (Å²) in [5.41, 5.74) is 4.05. The minimum Gasteiger partial charge on any atom is -0.497 e. The highest BCUT2D eigenvalue weighted by molar-refractivity contribution is 6.30. The molecule has 0 saturated heterocycles. The monoisotopic (exact) mass is 324 g/mol. The first-order valence-electron chi connectivity index (χ1n) is 7.30. The average Bonchev–Trinajstić information content (AvgIpc) is 2.94. The molecule has 1 aromatic heterocycles. The fraction of sp³-hybridized carbons (Fsp3) is 0.105. The molecule has 0 bridgehead atoms. The van der Waals surface area contributed by atoms with Gasteiger partial charge in [0.2, 0.25) is 0 Å². The second kappa shape index (κ2) is 6.71. The van der Waals surface area contributed by atoms with Gasteiger partial charge in [-0.25, -0.2) is 0 Å². The molecule has 3 nitrogen and oxygen atoms in total. The van der Waals surface area contributed by atoms with Crippen LogP contribution in [0.4, 0.5) is 5.69 Å². The Morgan fingerprint density at radius 2 is 1.83 bits per heavy atom. The van der Waals surface area contributed by atoms with E-state index in [2.05, 4.69) is 22.5 Å². The van der Waals surface area contributed by atoms with Crippen LogP contribution in [0.3, 0.4) is 0 Å². The molecule has 23 heavy (non-hydrogen) atoms. The van der Waals surface area contributed by atoms with Gasteiger partial charge < -0.3 is 9.30 Å². The van der Waals surface area contributed by atoms with Crippen LogP contribution in [0.5, 0.6) is 5.75 Å². The van der Waals surface area contributed by atoms with E-state index in [-0.39, 0.29) is 0 Å². The predicted molar refractivity (Wildman–Crippen MR) is 95.8 cm³/mol. The molecule has 0 amide bonds. The molecule has 0 unspecified atom stereocenters. The average molecular weight is 325 g/mol. The van der Waals surface area contributed by atoms with E-state index in [9.17, 15) is 0 Å². The molecule has 0 aliphatic heterocycles. The van der Waals surface area contributed by atoms with Gasteiger partial charge in [-0.2, -0.15) is 0 Å². The van der Waals surface area contributed by atoms with Crippen LogP contribution >= 0.6 is 11.6 Å². The van der Waals surface area contributed by atoms with E-state index in [1.807, 2.05) is 60.8 Å². The first-order valence-corrected chi connectivity index (χ1v) is 7.67. The normalized spacial score (nSPS) is 11.1. The van der Waals surface area contributed by atoms with Crippen molar-refractivity contribution in [1.29, 1.82) is 0 Å². The Hall–Kier alpha value is -2.52. The summed E-state index contributed by atoms with van der Waals surface area (Å²) in [6.07, 6.45) is 1.85. The molecule has 0 atom stereocenters. The highest BCUT2D eigenvalue weighted by Gasteiger charge is 2.06. The van der Waals surface area contributed by atoms with Crippen molar-refractivity contribution in [2.75, 3.05) is 7.11 Å². The van der Waals surface area contributed by atoms with Crippen molar-refractivity contribution in [3.8, 4) is 11.4 Å². The minimum atomic E-state index is 0.682. The molecule has 0 spiro atoms. The van der Waals surface area contributed by atoms with E-state index < -0.39 is 0 Å². The number of aliphatic imine (C=N–C) groups is 1. The Bertz CT molecular complexity index is 835. The lowest BCUT2D eigenvalue weighted by Crippen LogP contribution is -2.01. The first kappa shape index (κ1) is 15.4. The second-order valence-corrected chi connectivity index (χ2v) is 5.61. The SMILES string of the molecule is COc1ccc(-n2c(C)ccc2C=Nc2cccc(Cl)c2)cc1. The minimum absolute atomic E-state index is 0.682. The molecule has 0 aliphatic rings. The third-order valence-corrected chi connectivity index (χ3v) is 3.83. The number of nitrogens with zero attached hydrogens (tertiary/aromatic N) is 2. The Morgan fingerprint density at radius 3 is 2.52 bits per heavy atom. The highest BCUT2D eigenvalue weighted by Crippen LogP contribution is 2.21. The van der Waals surface area contributed by atoms with Crippen LogP contribution in [0.1, 0.15) is 11.4 Å². The quantitative estimate of drug-likeness (QED) is 0.606. The van der Waals surface area contributed by atoms with E-state index in [1.54, 1.807) is 7.11 Å². The topological polar surface area (TPSA) is 26.5 Å². The number of methoxy groups -OCH3 is 1. The molecule has 0 aliphatic carbocycles. The molecular weight excluding hydrogens is 308 g/mol. The Morgan fingerprint density at radius 1 is 1.04 bits per heavy atom. The van der Waals surface area contributed by atoms with Gasteiger partial charge in [-0.3, -0.25) is 4.99 Å². The molecule has 3 rings (SSSR count). The van der Waals surface area contributed by atoms with Crippen LogP contribution in [0, 0.1) is 6.92 Å². The number of aryl methyl sites for hydroxylation is 1. The molecular formula is C19H17ClN2O. The lowest BCUT2D eigenvalue weighted by atomic mass is 10.3. The zero-order valence-corrected chi connectivity index (χ0v) is 13.8. The van der Waals surface area contributed by atoms with Crippen molar-refractivity contribution in [1.82, 2.24) is 4.57 Å². The number of benzene rings is 2. The summed E-state index contributed by atoms with van der Waals surface area (Å²) in [4.78, 5) is 4.52. The summed E-state index contributed by atoms with van der Waals surface area (Å²) < 4.78 is 7.36. The van der Waals surface area contributed by atoms with Crippen molar-refractivity contribution in [3.05, 3.63) is 77.1 Å². The number of hydrogen-bond donors (Lipinski definition) is 0. The van der Waals surface area contributed by atoms with Crippen molar-refractivity contribution in [2.45, 2.75) is 6.92 Å². The standard InChI is InChI=1S/C19H17ClN2O/c1-14-6-7-18(13-21-16-5-3-4-15(20)12-16)22(14)17-8-10-19(23-2)11-9-17/h3-13H,1-2H3. The molecule has 0 N–H and O–H groups in total. The van der Waals surface area contributed by atoms with Gasteiger partial charge in [-0.15, -0.1) is 0 Å². The van der Waals surface area contributed by atoms with Crippen molar-refractivity contribution < 1.29 is 4.74 Å². The number of hydrogen-bond acceptors (Lipinski definition) is 2. The summed E-state index contributed by atoms with van der Waals surface area (Å²) in [7, 11) is 1.67. The Balaban J connectivity index is 1.95. The first-order chi connectivity index (χ1) is 11.2. The largest absolute Gasteiger partial charge is 0.497 e. The maximum absolute atomic E-state index is 6.00. The summed E-state index contributed by atoms with van der Waals surface area (Å²) in [5.74, 6) is 0.840. The van der Waals surface area contributed by atoms with Gasteiger partial charge in [-0.05, 0) is 61.5 Å². The molecule has 1 heterocycles. The van der Waals surface area contributed by atoms with E-state index in [1.165, 1.54) is 0 Å². The van der Waals surface area contributed by atoms with E-state index in [4.69, 9.17) is 16.3 Å². The molecule has 0 radical (unpaired) electrons. The van der Waals surface area contributed by atoms with Gasteiger partial charge in [0.25, 0.3) is 0 Å². The van der Waals surface area contributed by atoms with Crippen LogP contribution in [0.15, 0.2) is 65.7 Å². The molecule has 3 aromatic rings. The van der Waals surface area contributed by atoms with E-state index >= 15 is 0 Å².